The summed E-state index contributed by atoms with van der Waals surface area (Å²) >= 11 is 0. The minimum Gasteiger partial charge on any atom is -0.444 e. The van der Waals surface area contributed by atoms with Crippen molar-refractivity contribution in [1.82, 2.24) is 19.9 Å². The summed E-state index contributed by atoms with van der Waals surface area (Å²) < 4.78 is 21.4. The van der Waals surface area contributed by atoms with E-state index in [2.05, 4.69) is 21.8 Å². The Morgan fingerprint density at radius 3 is 2.48 bits per heavy atom. The van der Waals surface area contributed by atoms with Crippen LogP contribution in [0.15, 0.2) is 12.3 Å². The molecule has 2 aromatic rings. The van der Waals surface area contributed by atoms with Crippen LogP contribution in [0.2, 0.25) is 0 Å². The summed E-state index contributed by atoms with van der Waals surface area (Å²) in [5.41, 5.74) is 0.789. The van der Waals surface area contributed by atoms with Gasteiger partial charge in [-0.25, -0.2) is 14.2 Å². The molecular formula is C23H32FN5O2. The van der Waals surface area contributed by atoms with Crippen LogP contribution in [0.25, 0.3) is 5.65 Å². The number of carbonyl (C=O) groups excluding carboxylic acids is 1. The summed E-state index contributed by atoms with van der Waals surface area (Å²) in [5.74, 6) is 2.22. The molecule has 3 aliphatic rings. The van der Waals surface area contributed by atoms with Crippen LogP contribution >= 0.6 is 0 Å². The van der Waals surface area contributed by atoms with Crippen molar-refractivity contribution in [2.45, 2.75) is 89.3 Å². The number of hydrogen-bond acceptors (Lipinski definition) is 5. The molecule has 7 nitrogen and oxygen atoms in total. The maximum atomic E-state index is 14.4. The molecule has 31 heavy (non-hydrogen) atoms. The molecule has 0 aromatic carbocycles. The third kappa shape index (κ3) is 4.62. The summed E-state index contributed by atoms with van der Waals surface area (Å²) in [5, 5.41) is 10.8. The second-order valence-corrected chi connectivity index (χ2v) is 10.5. The lowest BCUT2D eigenvalue weighted by atomic mass is 9.93. The van der Waals surface area contributed by atoms with Crippen molar-refractivity contribution in [2.24, 2.45) is 11.8 Å². The Bertz CT molecular complexity index is 964. The van der Waals surface area contributed by atoms with Gasteiger partial charge in [-0.2, -0.15) is 9.61 Å². The van der Waals surface area contributed by atoms with Gasteiger partial charge in [-0.3, -0.25) is 0 Å². The zero-order valence-electron chi connectivity index (χ0n) is 18.5. The van der Waals surface area contributed by atoms with Gasteiger partial charge in [-0.1, -0.05) is 0 Å². The van der Waals surface area contributed by atoms with Gasteiger partial charge in [0.1, 0.15) is 11.4 Å². The van der Waals surface area contributed by atoms with Gasteiger partial charge in [0.15, 0.2) is 11.5 Å². The maximum absolute atomic E-state index is 14.4. The zero-order chi connectivity index (χ0) is 21.8. The molecule has 3 saturated carbocycles. The number of hydrogen-bond donors (Lipinski definition) is 2. The van der Waals surface area contributed by atoms with Crippen molar-refractivity contribution >= 4 is 17.6 Å². The fourth-order valence-electron chi connectivity index (χ4n) is 4.93. The van der Waals surface area contributed by atoms with Gasteiger partial charge >= 0.3 is 6.09 Å². The number of aromatic nitrogens is 3. The van der Waals surface area contributed by atoms with Crippen LogP contribution in [0.1, 0.15) is 77.3 Å². The molecule has 0 radical (unpaired) electrons. The van der Waals surface area contributed by atoms with Crippen LogP contribution in [0, 0.1) is 17.7 Å². The second-order valence-electron chi connectivity index (χ2n) is 10.5. The van der Waals surface area contributed by atoms with Crippen LogP contribution in [-0.2, 0) is 4.74 Å². The van der Waals surface area contributed by atoms with Gasteiger partial charge in [0.05, 0.1) is 11.9 Å². The maximum Gasteiger partial charge on any atom is 0.407 e. The summed E-state index contributed by atoms with van der Waals surface area (Å²) in [6.07, 6.45) is 8.43. The molecule has 1 amide bonds. The average molecular weight is 430 g/mol. The molecule has 0 unspecified atom stereocenters. The van der Waals surface area contributed by atoms with Crippen LogP contribution in [0.4, 0.5) is 15.0 Å². The number of nitrogens with one attached hydrogen (secondary N) is 2. The Kier molecular flexibility index (Phi) is 5.06. The molecule has 3 fully saturated rings. The van der Waals surface area contributed by atoms with Gasteiger partial charge in [-0.15, -0.1) is 0 Å². The van der Waals surface area contributed by atoms with E-state index in [0.717, 1.165) is 30.8 Å². The second kappa shape index (κ2) is 7.64. The number of fused-ring (bicyclic) bond motifs is 1. The topological polar surface area (TPSA) is 80.5 Å². The number of ether oxygens (including phenoxy) is 1. The van der Waals surface area contributed by atoms with Gasteiger partial charge in [-0.05, 0) is 77.6 Å². The summed E-state index contributed by atoms with van der Waals surface area (Å²) in [6.45, 7) is 5.58. The van der Waals surface area contributed by atoms with Gasteiger partial charge in [0.2, 0.25) is 0 Å². The van der Waals surface area contributed by atoms with E-state index < -0.39 is 5.60 Å². The lowest BCUT2D eigenvalue weighted by Gasteiger charge is -2.22. The van der Waals surface area contributed by atoms with Gasteiger partial charge < -0.3 is 15.4 Å². The van der Waals surface area contributed by atoms with Crippen LogP contribution in [-0.4, -0.2) is 38.4 Å². The van der Waals surface area contributed by atoms with Crippen LogP contribution < -0.4 is 10.6 Å². The molecule has 2 aromatic heterocycles. The Morgan fingerprint density at radius 2 is 1.84 bits per heavy atom. The standard InChI is InChI=1S/C23H32FN5O2/c1-23(2,3)31-22(30)27-16-9-8-15(10-16)26-19-11-18(20(13-4-5-13)14-6-7-14)28-21-17(24)12-25-29(19)21/h11-16,20,26H,4-10H2,1-3H3,(H,27,30)/t15-,16-/m0/s1. The number of amides is 1. The van der Waals surface area contributed by atoms with E-state index in [0.29, 0.717) is 23.4 Å². The summed E-state index contributed by atoms with van der Waals surface area (Å²) in [7, 11) is 0. The van der Waals surface area contributed by atoms with Crippen LogP contribution in [0.3, 0.4) is 0 Å². The van der Waals surface area contributed by atoms with Crippen molar-refractivity contribution < 1.29 is 13.9 Å². The van der Waals surface area contributed by atoms with E-state index in [4.69, 9.17) is 9.72 Å². The SMILES string of the molecule is CC(C)(C)OC(=O)N[C@H]1CC[C@H](Nc2cc(C(C3CC3)C3CC3)nc3c(F)cnn23)C1. The summed E-state index contributed by atoms with van der Waals surface area (Å²) in [6, 6.07) is 2.31. The fraction of sp³-hybridized carbons (Fsp3) is 0.696. The molecule has 0 bridgehead atoms. The minimum absolute atomic E-state index is 0.0594. The molecule has 5 rings (SSSR count). The highest BCUT2D eigenvalue weighted by molar-refractivity contribution is 5.68. The molecule has 2 atom stereocenters. The molecule has 2 heterocycles. The molecule has 168 valence electrons. The highest BCUT2D eigenvalue weighted by Crippen LogP contribution is 2.54. The van der Waals surface area contributed by atoms with E-state index in [-0.39, 0.29) is 24.0 Å². The van der Waals surface area contributed by atoms with E-state index in [1.54, 1.807) is 4.52 Å². The van der Waals surface area contributed by atoms with Crippen molar-refractivity contribution in [2.75, 3.05) is 5.32 Å². The Balaban J connectivity index is 1.32. The molecule has 0 spiro atoms. The average Bonchev–Trinajstić information content (AvgIpc) is 3.60. The summed E-state index contributed by atoms with van der Waals surface area (Å²) in [4.78, 5) is 16.8. The Labute approximate surface area is 182 Å². The van der Waals surface area contributed by atoms with Crippen molar-refractivity contribution in [3.63, 3.8) is 0 Å². The van der Waals surface area contributed by atoms with E-state index in [1.165, 1.54) is 31.9 Å². The smallest absolute Gasteiger partial charge is 0.407 e. The molecular weight excluding hydrogens is 397 g/mol. The molecule has 8 heteroatoms. The Hall–Kier alpha value is -2.38. The number of carbonyl (C=O) groups is 1. The van der Waals surface area contributed by atoms with Gasteiger partial charge in [0.25, 0.3) is 0 Å². The predicted octanol–water partition coefficient (Wildman–Crippen LogP) is 4.63. The van der Waals surface area contributed by atoms with E-state index in [1.807, 2.05) is 20.8 Å². The predicted molar refractivity (Wildman–Crippen MR) is 116 cm³/mol. The molecule has 3 aliphatic carbocycles. The Morgan fingerprint density at radius 1 is 1.16 bits per heavy atom. The van der Waals surface area contributed by atoms with Crippen molar-refractivity contribution in [3.8, 4) is 0 Å². The number of halogens is 1. The number of nitrogens with zero attached hydrogens (tertiary/aromatic N) is 3. The molecule has 2 N–H and O–H groups in total. The zero-order valence-corrected chi connectivity index (χ0v) is 18.5. The lowest BCUT2D eigenvalue weighted by molar-refractivity contribution is 0.0505. The first-order valence-corrected chi connectivity index (χ1v) is 11.6. The monoisotopic (exact) mass is 429 g/mol. The first-order valence-electron chi connectivity index (χ1n) is 11.6. The number of rotatable bonds is 6. The first kappa shape index (κ1) is 20.5. The third-order valence-corrected chi connectivity index (χ3v) is 6.56. The van der Waals surface area contributed by atoms with E-state index >= 15 is 0 Å². The van der Waals surface area contributed by atoms with Crippen molar-refractivity contribution in [3.05, 3.63) is 23.8 Å². The number of alkyl carbamates (subject to hydrolysis) is 1. The quantitative estimate of drug-likeness (QED) is 0.700. The van der Waals surface area contributed by atoms with Gasteiger partial charge in [0, 0.05) is 24.1 Å². The highest BCUT2D eigenvalue weighted by atomic mass is 19.1. The minimum atomic E-state index is -0.511. The van der Waals surface area contributed by atoms with Crippen LogP contribution in [0.5, 0.6) is 0 Å². The molecule has 0 saturated heterocycles. The first-order chi connectivity index (χ1) is 14.8. The van der Waals surface area contributed by atoms with E-state index in [9.17, 15) is 9.18 Å². The third-order valence-electron chi connectivity index (χ3n) is 6.56. The largest absolute Gasteiger partial charge is 0.444 e. The fourth-order valence-corrected chi connectivity index (χ4v) is 4.93. The lowest BCUT2D eigenvalue weighted by Crippen LogP contribution is -2.38. The normalized spacial score (nSPS) is 24.0. The van der Waals surface area contributed by atoms with Crippen molar-refractivity contribution in [1.29, 1.82) is 0 Å². The highest BCUT2D eigenvalue weighted by Gasteiger charge is 2.43. The number of anilines is 1. The molecule has 0 aliphatic heterocycles.